The fourth-order valence-electron chi connectivity index (χ4n) is 1.93. The van der Waals surface area contributed by atoms with Gasteiger partial charge in [0.05, 0.1) is 6.54 Å². The van der Waals surface area contributed by atoms with Crippen LogP contribution in [-0.4, -0.2) is 17.2 Å². The van der Waals surface area contributed by atoms with E-state index in [1.165, 1.54) is 0 Å². The van der Waals surface area contributed by atoms with Gasteiger partial charge in [-0.25, -0.2) is 0 Å². The second-order valence-electron chi connectivity index (χ2n) is 3.83. The van der Waals surface area contributed by atoms with Gasteiger partial charge in [0.1, 0.15) is 0 Å². The van der Waals surface area contributed by atoms with Crippen molar-refractivity contribution in [2.45, 2.75) is 26.9 Å². The Labute approximate surface area is 99.8 Å². The minimum Gasteiger partial charge on any atom is -0.423 e. The average Bonchev–Trinajstić information content (AvgIpc) is 2.28. The molecule has 7 heteroatoms. The molecule has 0 saturated heterocycles. The molecule has 0 unspecified atom stereocenters. The molecule has 1 aromatic rings. The quantitative estimate of drug-likeness (QED) is 0.300. The Hall–Kier alpha value is -1.53. The van der Waals surface area contributed by atoms with Crippen LogP contribution in [0.5, 0.6) is 0 Å². The molecule has 0 radical (unpaired) electrons. The number of rotatable bonds is 4. The summed E-state index contributed by atoms with van der Waals surface area (Å²) in [5.41, 5.74) is 17.4. The Kier molecular flexibility index (Phi) is 4.54. The molecule has 0 bridgehead atoms. The molecule has 0 amide bonds. The monoisotopic (exact) mass is 234 g/mol. The standard InChI is InChI=1S/C10H15BN4O2/c1-6-8(4-12)3-9(5-14-15-13)7(2)10(6)11(16)17/h3,16-17H,4-5,12H2,1-2H3. The fourth-order valence-corrected chi connectivity index (χ4v) is 1.93. The molecule has 17 heavy (non-hydrogen) atoms. The van der Waals surface area contributed by atoms with E-state index in [1.54, 1.807) is 13.8 Å². The van der Waals surface area contributed by atoms with E-state index in [9.17, 15) is 10.0 Å². The van der Waals surface area contributed by atoms with Crippen LogP contribution in [-0.2, 0) is 13.1 Å². The van der Waals surface area contributed by atoms with Crippen LogP contribution in [0, 0.1) is 13.8 Å². The van der Waals surface area contributed by atoms with Crippen molar-refractivity contribution in [3.05, 3.63) is 38.8 Å². The van der Waals surface area contributed by atoms with Crippen molar-refractivity contribution in [2.24, 2.45) is 10.8 Å². The van der Waals surface area contributed by atoms with E-state index in [0.29, 0.717) is 12.0 Å². The van der Waals surface area contributed by atoms with Crippen LogP contribution in [0.25, 0.3) is 10.4 Å². The van der Waals surface area contributed by atoms with Gasteiger partial charge >= 0.3 is 7.12 Å². The van der Waals surface area contributed by atoms with Crippen molar-refractivity contribution < 1.29 is 10.0 Å². The molecule has 0 heterocycles. The normalized spacial score (nSPS) is 9.94. The molecule has 0 aliphatic carbocycles. The third-order valence-corrected chi connectivity index (χ3v) is 2.90. The first-order valence-electron chi connectivity index (χ1n) is 5.21. The Balaban J connectivity index is 3.42. The molecule has 0 atom stereocenters. The smallest absolute Gasteiger partial charge is 0.423 e. The maximum Gasteiger partial charge on any atom is 0.488 e. The highest BCUT2D eigenvalue weighted by Crippen LogP contribution is 2.15. The molecule has 0 aliphatic heterocycles. The van der Waals surface area contributed by atoms with E-state index < -0.39 is 7.12 Å². The van der Waals surface area contributed by atoms with E-state index in [4.69, 9.17) is 11.3 Å². The number of benzene rings is 1. The number of hydrogen-bond acceptors (Lipinski definition) is 4. The van der Waals surface area contributed by atoms with Crippen molar-refractivity contribution in [3.63, 3.8) is 0 Å². The van der Waals surface area contributed by atoms with Gasteiger partial charge in [0.2, 0.25) is 0 Å². The van der Waals surface area contributed by atoms with Crippen molar-refractivity contribution >= 4 is 12.6 Å². The van der Waals surface area contributed by atoms with E-state index in [0.717, 1.165) is 22.3 Å². The van der Waals surface area contributed by atoms with Crippen LogP contribution < -0.4 is 11.2 Å². The van der Waals surface area contributed by atoms with Crippen molar-refractivity contribution in [3.8, 4) is 0 Å². The summed E-state index contributed by atoms with van der Waals surface area (Å²) in [6.07, 6.45) is 0. The largest absolute Gasteiger partial charge is 0.488 e. The second-order valence-corrected chi connectivity index (χ2v) is 3.83. The fraction of sp³-hybridized carbons (Fsp3) is 0.400. The van der Waals surface area contributed by atoms with E-state index in [2.05, 4.69) is 10.0 Å². The molecule has 1 aromatic carbocycles. The van der Waals surface area contributed by atoms with Crippen molar-refractivity contribution in [2.75, 3.05) is 0 Å². The lowest BCUT2D eigenvalue weighted by molar-refractivity contribution is 0.425. The lowest BCUT2D eigenvalue weighted by Gasteiger charge is -2.16. The van der Waals surface area contributed by atoms with Crippen LogP contribution in [0.4, 0.5) is 0 Å². The number of hydrogen-bond donors (Lipinski definition) is 3. The van der Waals surface area contributed by atoms with Crippen LogP contribution >= 0.6 is 0 Å². The molecule has 4 N–H and O–H groups in total. The molecule has 1 rings (SSSR count). The summed E-state index contributed by atoms with van der Waals surface area (Å²) in [6.45, 7) is 4.04. The summed E-state index contributed by atoms with van der Waals surface area (Å²) < 4.78 is 0. The van der Waals surface area contributed by atoms with Crippen LogP contribution in [0.15, 0.2) is 11.2 Å². The SMILES string of the molecule is Cc1c(CN)cc(CN=[N+]=[N-])c(C)c1B(O)O. The third kappa shape index (κ3) is 2.78. The van der Waals surface area contributed by atoms with Gasteiger partial charge in [0.15, 0.2) is 0 Å². The maximum atomic E-state index is 9.37. The van der Waals surface area contributed by atoms with Gasteiger partial charge in [-0.15, -0.1) is 0 Å². The third-order valence-electron chi connectivity index (χ3n) is 2.90. The summed E-state index contributed by atoms with van der Waals surface area (Å²) in [7, 11) is -1.55. The summed E-state index contributed by atoms with van der Waals surface area (Å²) in [5, 5.41) is 22.2. The molecule has 90 valence electrons. The van der Waals surface area contributed by atoms with Crippen LogP contribution in [0.2, 0.25) is 0 Å². The molecule has 0 aromatic heterocycles. The average molecular weight is 234 g/mol. The number of nitrogens with two attached hydrogens (primary N) is 1. The summed E-state index contributed by atoms with van der Waals surface area (Å²) >= 11 is 0. The lowest BCUT2D eigenvalue weighted by Crippen LogP contribution is -2.36. The Morgan fingerprint density at radius 3 is 2.41 bits per heavy atom. The zero-order chi connectivity index (χ0) is 13.0. The second kappa shape index (κ2) is 5.70. The van der Waals surface area contributed by atoms with Gasteiger partial charge in [0, 0.05) is 11.5 Å². The predicted octanol–water partition coefficient (Wildman–Crippen LogP) is 0.252. The van der Waals surface area contributed by atoms with Crippen molar-refractivity contribution in [1.29, 1.82) is 0 Å². The molecule has 0 spiro atoms. The lowest BCUT2D eigenvalue weighted by atomic mass is 9.72. The first kappa shape index (κ1) is 13.5. The van der Waals surface area contributed by atoms with E-state index >= 15 is 0 Å². The molecular weight excluding hydrogens is 219 g/mol. The minimum absolute atomic E-state index is 0.176. The van der Waals surface area contributed by atoms with Gasteiger partial charge in [-0.3, -0.25) is 0 Å². The highest BCUT2D eigenvalue weighted by atomic mass is 16.4. The van der Waals surface area contributed by atoms with Gasteiger partial charge < -0.3 is 15.8 Å². The first-order valence-corrected chi connectivity index (χ1v) is 5.21. The van der Waals surface area contributed by atoms with Crippen molar-refractivity contribution in [1.82, 2.24) is 0 Å². The minimum atomic E-state index is -1.55. The zero-order valence-corrected chi connectivity index (χ0v) is 9.88. The summed E-state index contributed by atoms with van der Waals surface area (Å²) in [5.74, 6) is 0. The predicted molar refractivity (Wildman–Crippen MR) is 66.5 cm³/mol. The maximum absolute atomic E-state index is 9.37. The van der Waals surface area contributed by atoms with Crippen LogP contribution in [0.1, 0.15) is 22.3 Å². The summed E-state index contributed by atoms with van der Waals surface area (Å²) in [6, 6.07) is 1.84. The van der Waals surface area contributed by atoms with E-state index in [-0.39, 0.29) is 6.54 Å². The highest BCUT2D eigenvalue weighted by Gasteiger charge is 2.20. The Morgan fingerprint density at radius 1 is 1.35 bits per heavy atom. The molecule has 0 aliphatic rings. The molecule has 6 nitrogen and oxygen atoms in total. The molecule has 0 fully saturated rings. The zero-order valence-electron chi connectivity index (χ0n) is 9.88. The first-order chi connectivity index (χ1) is 8.02. The number of azide groups is 1. The topological polar surface area (TPSA) is 115 Å². The molecule has 0 saturated carbocycles. The van der Waals surface area contributed by atoms with Gasteiger partial charge in [-0.2, -0.15) is 0 Å². The highest BCUT2D eigenvalue weighted by molar-refractivity contribution is 6.59. The van der Waals surface area contributed by atoms with E-state index in [1.807, 2.05) is 6.07 Å². The van der Waals surface area contributed by atoms with Crippen LogP contribution in [0.3, 0.4) is 0 Å². The van der Waals surface area contributed by atoms with Gasteiger partial charge in [0.25, 0.3) is 0 Å². The van der Waals surface area contributed by atoms with Gasteiger partial charge in [-0.1, -0.05) is 11.2 Å². The summed E-state index contributed by atoms with van der Waals surface area (Å²) in [4.78, 5) is 2.69. The number of nitrogens with zero attached hydrogens (tertiary/aromatic N) is 3. The molecular formula is C10H15BN4O2. The Morgan fingerprint density at radius 2 is 1.94 bits per heavy atom. The Bertz CT molecular complexity index is 470. The van der Waals surface area contributed by atoms with Gasteiger partial charge in [-0.05, 0) is 47.1 Å².